The van der Waals surface area contributed by atoms with Crippen LogP contribution in [0.5, 0.6) is 0 Å². The lowest BCUT2D eigenvalue weighted by Crippen LogP contribution is -2.48. The van der Waals surface area contributed by atoms with Gasteiger partial charge in [0.15, 0.2) is 0 Å². The summed E-state index contributed by atoms with van der Waals surface area (Å²) >= 11 is 3.07. The number of aliphatic carboxylic acids is 1. The molecular weight excluding hydrogens is 284 g/mol. The van der Waals surface area contributed by atoms with Crippen molar-refractivity contribution in [1.29, 1.82) is 0 Å². The minimum atomic E-state index is -0.935. The van der Waals surface area contributed by atoms with Gasteiger partial charge in [0.2, 0.25) is 0 Å². The van der Waals surface area contributed by atoms with E-state index in [2.05, 4.69) is 0 Å². The molecule has 1 saturated heterocycles. The summed E-state index contributed by atoms with van der Waals surface area (Å²) in [5, 5.41) is 11.1. The monoisotopic (exact) mass is 300 g/mol. The fourth-order valence-corrected chi connectivity index (χ4v) is 3.89. The lowest BCUT2D eigenvalue weighted by molar-refractivity contribution is -0.140. The predicted octanol–water partition coefficient (Wildman–Crippen LogP) is 2.32. The first-order valence-corrected chi connectivity index (χ1v) is 7.93. The maximum Gasteiger partial charge on any atom is 0.327 e. The van der Waals surface area contributed by atoms with E-state index in [-0.39, 0.29) is 12.1 Å². The molecule has 2 heterocycles. The number of carbonyl (C=O) groups excluding carboxylic acids is 1. The number of thiophene rings is 1. The van der Waals surface area contributed by atoms with E-state index in [4.69, 9.17) is 5.11 Å². The van der Waals surface area contributed by atoms with Gasteiger partial charge in [-0.15, -0.1) is 23.1 Å². The minimum absolute atomic E-state index is 0.0486. The maximum absolute atomic E-state index is 12.4. The molecule has 5 nitrogen and oxygen atoms in total. The Morgan fingerprint density at radius 1 is 1.58 bits per heavy atom. The van der Waals surface area contributed by atoms with Gasteiger partial charge in [-0.3, -0.25) is 0 Å². The Kier molecular flexibility index (Phi) is 4.36. The Labute approximate surface area is 120 Å². The topological polar surface area (TPSA) is 60.9 Å². The zero-order valence-electron chi connectivity index (χ0n) is 10.8. The molecule has 1 aromatic heterocycles. The van der Waals surface area contributed by atoms with Crippen LogP contribution in [0.25, 0.3) is 0 Å². The van der Waals surface area contributed by atoms with Gasteiger partial charge in [-0.2, -0.15) is 0 Å². The van der Waals surface area contributed by atoms with E-state index in [1.165, 1.54) is 16.7 Å². The van der Waals surface area contributed by atoms with Crippen LogP contribution in [0, 0.1) is 0 Å². The smallest absolute Gasteiger partial charge is 0.327 e. The Morgan fingerprint density at radius 3 is 2.89 bits per heavy atom. The molecule has 2 rings (SSSR count). The molecule has 1 aromatic rings. The fourth-order valence-electron chi connectivity index (χ4n) is 1.92. The predicted molar refractivity (Wildman–Crippen MR) is 76.5 cm³/mol. The van der Waals surface area contributed by atoms with Gasteiger partial charge in [-0.05, 0) is 18.4 Å². The molecule has 19 heavy (non-hydrogen) atoms. The summed E-state index contributed by atoms with van der Waals surface area (Å²) in [4.78, 5) is 27.6. The van der Waals surface area contributed by atoms with Crippen LogP contribution >= 0.6 is 23.1 Å². The molecule has 0 aliphatic carbocycles. The van der Waals surface area contributed by atoms with Gasteiger partial charge in [0, 0.05) is 17.7 Å². The third-order valence-corrected chi connectivity index (χ3v) is 5.31. The lowest BCUT2D eigenvalue weighted by atomic mass is 10.2. The molecule has 0 radical (unpaired) electrons. The Hall–Kier alpha value is -1.21. The molecule has 0 spiro atoms. The highest BCUT2D eigenvalue weighted by molar-refractivity contribution is 7.99. The van der Waals surface area contributed by atoms with Crippen molar-refractivity contribution in [2.24, 2.45) is 0 Å². The molecule has 0 bridgehead atoms. The van der Waals surface area contributed by atoms with Gasteiger partial charge in [0.05, 0.1) is 11.9 Å². The Bertz CT molecular complexity index is 464. The first-order chi connectivity index (χ1) is 9.02. The van der Waals surface area contributed by atoms with Crippen molar-refractivity contribution < 1.29 is 14.7 Å². The summed E-state index contributed by atoms with van der Waals surface area (Å²) in [5.41, 5.74) is 0. The van der Waals surface area contributed by atoms with Crippen molar-refractivity contribution in [3.8, 4) is 0 Å². The highest BCUT2D eigenvalue weighted by Crippen LogP contribution is 2.27. The van der Waals surface area contributed by atoms with E-state index in [0.29, 0.717) is 11.6 Å². The van der Waals surface area contributed by atoms with Crippen molar-refractivity contribution >= 4 is 35.1 Å². The number of carbonyl (C=O) groups is 2. The average Bonchev–Trinajstić information content (AvgIpc) is 3.06. The number of carboxylic acid groups (broad SMARTS) is 1. The number of rotatable bonds is 3. The molecule has 0 aromatic carbocycles. The second-order valence-corrected chi connectivity index (χ2v) is 6.39. The van der Waals surface area contributed by atoms with Gasteiger partial charge in [0.1, 0.15) is 6.04 Å². The van der Waals surface area contributed by atoms with Crippen LogP contribution in [0.15, 0.2) is 17.5 Å². The van der Waals surface area contributed by atoms with E-state index in [0.717, 1.165) is 4.88 Å². The van der Waals surface area contributed by atoms with Crippen LogP contribution in [0.3, 0.4) is 0 Å². The first-order valence-electron chi connectivity index (χ1n) is 5.89. The summed E-state index contributed by atoms with van der Waals surface area (Å²) in [7, 11) is 1.72. The number of nitrogens with zero attached hydrogens (tertiary/aromatic N) is 2. The van der Waals surface area contributed by atoms with Crippen molar-refractivity contribution in [2.75, 3.05) is 18.7 Å². The first kappa shape index (κ1) is 14.2. The summed E-state index contributed by atoms with van der Waals surface area (Å²) in [6.07, 6.45) is 0. The molecule has 1 fully saturated rings. The molecule has 1 unspecified atom stereocenters. The second kappa shape index (κ2) is 5.83. The number of carboxylic acids is 1. The minimum Gasteiger partial charge on any atom is -0.480 e. The van der Waals surface area contributed by atoms with Crippen LogP contribution in [0.4, 0.5) is 4.79 Å². The quantitative estimate of drug-likeness (QED) is 0.930. The zero-order valence-corrected chi connectivity index (χ0v) is 12.4. The van der Waals surface area contributed by atoms with Crippen molar-refractivity contribution in [3.05, 3.63) is 22.4 Å². The molecule has 1 N–H and O–H groups in total. The fraction of sp³-hybridized carbons (Fsp3) is 0.500. The Morgan fingerprint density at radius 2 is 2.32 bits per heavy atom. The van der Waals surface area contributed by atoms with E-state index < -0.39 is 12.0 Å². The average molecular weight is 300 g/mol. The highest BCUT2D eigenvalue weighted by atomic mass is 32.2. The van der Waals surface area contributed by atoms with Crippen molar-refractivity contribution in [1.82, 2.24) is 9.80 Å². The van der Waals surface area contributed by atoms with Crippen LogP contribution in [-0.2, 0) is 4.79 Å². The second-order valence-electron chi connectivity index (χ2n) is 4.41. The van der Waals surface area contributed by atoms with Crippen LogP contribution in [0.2, 0.25) is 0 Å². The molecule has 1 aliphatic rings. The van der Waals surface area contributed by atoms with Crippen molar-refractivity contribution in [2.45, 2.75) is 19.0 Å². The van der Waals surface area contributed by atoms with Crippen LogP contribution < -0.4 is 0 Å². The third kappa shape index (κ3) is 2.87. The summed E-state index contributed by atoms with van der Waals surface area (Å²) in [6.45, 7) is 1.95. The number of urea groups is 1. The Balaban J connectivity index is 2.08. The van der Waals surface area contributed by atoms with Gasteiger partial charge >= 0.3 is 12.0 Å². The van der Waals surface area contributed by atoms with Gasteiger partial charge in [0.25, 0.3) is 0 Å². The maximum atomic E-state index is 12.4. The summed E-state index contributed by atoms with van der Waals surface area (Å²) in [5.74, 6) is -0.0323. The molecule has 104 valence electrons. The standard InChI is InChI=1S/C12H16N2O3S2/c1-8(10-4-3-5-19-10)13(2)12(17)14-7-18-6-9(14)11(15)16/h3-5,8-9H,6-7H2,1-2H3,(H,15,16)/t8?,9-/m0/s1. The lowest BCUT2D eigenvalue weighted by Gasteiger charge is -2.30. The molecule has 0 saturated carbocycles. The van der Waals surface area contributed by atoms with Gasteiger partial charge < -0.3 is 14.9 Å². The molecule has 2 atom stereocenters. The van der Waals surface area contributed by atoms with E-state index >= 15 is 0 Å². The number of thioether (sulfide) groups is 1. The number of hydrogen-bond acceptors (Lipinski definition) is 4. The summed E-state index contributed by atoms with van der Waals surface area (Å²) in [6, 6.07) is 2.94. The number of hydrogen-bond donors (Lipinski definition) is 1. The van der Waals surface area contributed by atoms with Crippen LogP contribution in [-0.4, -0.2) is 51.6 Å². The van der Waals surface area contributed by atoms with Gasteiger partial charge in [-0.25, -0.2) is 9.59 Å². The third-order valence-electron chi connectivity index (χ3n) is 3.25. The van der Waals surface area contributed by atoms with Crippen LogP contribution in [0.1, 0.15) is 17.8 Å². The largest absolute Gasteiger partial charge is 0.480 e. The molecule has 7 heteroatoms. The van der Waals surface area contributed by atoms with Gasteiger partial charge in [-0.1, -0.05) is 6.07 Å². The van der Waals surface area contributed by atoms with Crippen molar-refractivity contribution in [3.63, 3.8) is 0 Å². The van der Waals surface area contributed by atoms with E-state index in [9.17, 15) is 9.59 Å². The SMILES string of the molecule is CC(c1cccs1)N(C)C(=O)N1CSC[C@H]1C(=O)O. The highest BCUT2D eigenvalue weighted by Gasteiger charge is 2.37. The molecule has 2 amide bonds. The van der Waals surface area contributed by atoms with E-state index in [1.54, 1.807) is 23.3 Å². The zero-order chi connectivity index (χ0) is 14.0. The normalized spacial score (nSPS) is 20.3. The number of amides is 2. The van der Waals surface area contributed by atoms with E-state index in [1.807, 2.05) is 24.4 Å². The molecular formula is C12H16N2O3S2. The molecule has 1 aliphatic heterocycles. The summed E-state index contributed by atoms with van der Waals surface area (Å²) < 4.78 is 0.